The lowest BCUT2D eigenvalue weighted by atomic mass is 10.0. The van der Waals surface area contributed by atoms with Crippen molar-refractivity contribution in [2.45, 2.75) is 45.8 Å². The van der Waals surface area contributed by atoms with Crippen LogP contribution in [-0.4, -0.2) is 57.4 Å². The minimum Gasteiger partial charge on any atom is -0.369 e. The van der Waals surface area contributed by atoms with Crippen LogP contribution in [0.25, 0.3) is 5.69 Å². The van der Waals surface area contributed by atoms with E-state index in [9.17, 15) is 9.59 Å². The Balaban J connectivity index is 1.45. The highest BCUT2D eigenvalue weighted by molar-refractivity contribution is 5.83. The van der Waals surface area contributed by atoms with Crippen molar-refractivity contribution in [1.82, 2.24) is 24.6 Å². The van der Waals surface area contributed by atoms with Gasteiger partial charge in [0.05, 0.1) is 5.69 Å². The van der Waals surface area contributed by atoms with Gasteiger partial charge < -0.3 is 10.2 Å². The molecule has 0 aliphatic carbocycles. The Bertz CT molecular complexity index is 1140. The van der Waals surface area contributed by atoms with Crippen molar-refractivity contribution in [3.05, 3.63) is 77.0 Å². The lowest BCUT2D eigenvalue weighted by Gasteiger charge is -2.40. The molecule has 1 aromatic heterocycles. The van der Waals surface area contributed by atoms with Gasteiger partial charge in [-0.05, 0) is 57.5 Å². The lowest BCUT2D eigenvalue weighted by Crippen LogP contribution is -2.51. The number of aromatic nitrogens is 3. The Kier molecular flexibility index (Phi) is 7.17. The molecule has 1 saturated heterocycles. The van der Waals surface area contributed by atoms with Crippen molar-refractivity contribution >= 4 is 11.6 Å². The summed E-state index contributed by atoms with van der Waals surface area (Å²) >= 11 is 0. The van der Waals surface area contributed by atoms with Crippen molar-refractivity contribution in [2.75, 3.05) is 31.1 Å². The number of nitrogens with zero attached hydrogens (tertiary/aromatic N) is 5. The predicted molar refractivity (Wildman–Crippen MR) is 134 cm³/mol. The topological polar surface area (TPSA) is 75.4 Å². The molecule has 4 rings (SSSR count). The quantitative estimate of drug-likeness (QED) is 0.584. The van der Waals surface area contributed by atoms with E-state index in [2.05, 4.69) is 20.2 Å². The third kappa shape index (κ3) is 5.07. The van der Waals surface area contributed by atoms with E-state index in [0.717, 1.165) is 43.1 Å². The number of amides is 1. The van der Waals surface area contributed by atoms with Crippen molar-refractivity contribution < 1.29 is 4.79 Å². The Morgan fingerprint density at radius 2 is 1.50 bits per heavy atom. The van der Waals surface area contributed by atoms with Gasteiger partial charge in [-0.3, -0.25) is 14.3 Å². The van der Waals surface area contributed by atoms with Gasteiger partial charge in [0.1, 0.15) is 12.4 Å². The first kappa shape index (κ1) is 23.8. The molecule has 2 aromatic carbocycles. The van der Waals surface area contributed by atoms with Crippen molar-refractivity contribution in [3.63, 3.8) is 0 Å². The van der Waals surface area contributed by atoms with Crippen LogP contribution in [0.1, 0.15) is 45.3 Å². The zero-order chi connectivity index (χ0) is 24.2. The van der Waals surface area contributed by atoms with E-state index in [1.807, 2.05) is 82.3 Å². The van der Waals surface area contributed by atoms with E-state index in [-0.39, 0.29) is 29.7 Å². The molecular weight excluding hydrogens is 428 g/mol. The number of anilines is 1. The molecule has 2 heterocycles. The summed E-state index contributed by atoms with van der Waals surface area (Å²) in [5.74, 6) is 0.0466. The fourth-order valence-corrected chi connectivity index (χ4v) is 4.42. The third-order valence-corrected chi connectivity index (χ3v) is 6.18. The first-order valence-electron chi connectivity index (χ1n) is 12.0. The summed E-state index contributed by atoms with van der Waals surface area (Å²) in [5, 5.41) is 7.34. The standard InChI is InChI=1S/C26H34N6O2/c1-19(2)28-25(33)24(21-8-6-5-7-9-21)30-16-14-29(15-17-30)22-10-12-23(13-11-22)32-26(34)31(18-27-32)20(3)4/h5-13,18-20,24H,14-17H2,1-4H3,(H,28,33). The Hall–Kier alpha value is -3.39. The summed E-state index contributed by atoms with van der Waals surface area (Å²) in [6.45, 7) is 11.1. The first-order valence-corrected chi connectivity index (χ1v) is 12.0. The molecule has 8 nitrogen and oxygen atoms in total. The largest absolute Gasteiger partial charge is 0.369 e. The summed E-state index contributed by atoms with van der Waals surface area (Å²) in [5.41, 5.74) is 2.73. The number of carbonyl (C=O) groups excluding carboxylic acids is 1. The second-order valence-corrected chi connectivity index (χ2v) is 9.34. The van der Waals surface area contributed by atoms with Gasteiger partial charge in [-0.25, -0.2) is 4.79 Å². The predicted octanol–water partition coefficient (Wildman–Crippen LogP) is 3.00. The number of nitrogens with one attached hydrogen (secondary N) is 1. The smallest absolute Gasteiger partial charge is 0.350 e. The molecule has 1 aliphatic rings. The van der Waals surface area contributed by atoms with E-state index in [1.165, 1.54) is 4.68 Å². The number of benzene rings is 2. The Morgan fingerprint density at radius 1 is 0.882 bits per heavy atom. The maximum absolute atomic E-state index is 13.0. The minimum atomic E-state index is -0.295. The monoisotopic (exact) mass is 462 g/mol. The lowest BCUT2D eigenvalue weighted by molar-refractivity contribution is -0.127. The van der Waals surface area contributed by atoms with Gasteiger partial charge >= 0.3 is 5.69 Å². The zero-order valence-electron chi connectivity index (χ0n) is 20.4. The summed E-state index contributed by atoms with van der Waals surface area (Å²) in [4.78, 5) is 30.2. The molecule has 3 aromatic rings. The normalized spacial score (nSPS) is 15.6. The molecule has 8 heteroatoms. The molecule has 0 saturated carbocycles. The number of carbonyl (C=O) groups is 1. The summed E-state index contributed by atoms with van der Waals surface area (Å²) in [7, 11) is 0. The fraction of sp³-hybridized carbons (Fsp3) is 0.423. The van der Waals surface area contributed by atoms with Gasteiger partial charge in [0.15, 0.2) is 0 Å². The summed E-state index contributed by atoms with van der Waals surface area (Å²) in [6.07, 6.45) is 1.58. The molecule has 1 aliphatic heterocycles. The van der Waals surface area contributed by atoms with Crippen molar-refractivity contribution in [3.8, 4) is 5.69 Å². The maximum Gasteiger partial charge on any atom is 0.350 e. The van der Waals surface area contributed by atoms with Crippen LogP contribution < -0.4 is 15.9 Å². The molecule has 180 valence electrons. The van der Waals surface area contributed by atoms with E-state index >= 15 is 0 Å². The van der Waals surface area contributed by atoms with Crippen molar-refractivity contribution in [1.29, 1.82) is 0 Å². The van der Waals surface area contributed by atoms with Gasteiger partial charge in [0.25, 0.3) is 0 Å². The first-order chi connectivity index (χ1) is 16.3. The van der Waals surface area contributed by atoms with Gasteiger partial charge in [0.2, 0.25) is 5.91 Å². The summed E-state index contributed by atoms with van der Waals surface area (Å²) < 4.78 is 3.05. The van der Waals surface area contributed by atoms with Crippen LogP contribution in [0.5, 0.6) is 0 Å². The summed E-state index contributed by atoms with van der Waals surface area (Å²) in [6, 6.07) is 17.8. The molecule has 1 fully saturated rings. The van der Waals surface area contributed by atoms with Crippen molar-refractivity contribution in [2.24, 2.45) is 0 Å². The molecule has 0 radical (unpaired) electrons. The van der Waals surface area contributed by atoms with E-state index in [1.54, 1.807) is 10.9 Å². The number of rotatable bonds is 7. The van der Waals surface area contributed by atoms with Crippen LogP contribution in [-0.2, 0) is 4.79 Å². The molecular formula is C26H34N6O2. The third-order valence-electron chi connectivity index (χ3n) is 6.18. The van der Waals surface area contributed by atoms with Crippen LogP contribution in [0.3, 0.4) is 0 Å². The maximum atomic E-state index is 13.0. The van der Waals surface area contributed by atoms with Crippen LogP contribution in [0.4, 0.5) is 5.69 Å². The van der Waals surface area contributed by atoms with E-state index < -0.39 is 0 Å². The SMILES string of the molecule is CC(C)NC(=O)C(c1ccccc1)N1CCN(c2ccc(-n3ncn(C(C)C)c3=O)cc2)CC1. The average Bonchev–Trinajstić information content (AvgIpc) is 3.22. The number of hydrogen-bond donors (Lipinski definition) is 1. The molecule has 1 atom stereocenters. The molecule has 34 heavy (non-hydrogen) atoms. The second-order valence-electron chi connectivity index (χ2n) is 9.34. The van der Waals surface area contributed by atoms with Gasteiger partial charge in [-0.2, -0.15) is 9.78 Å². The fourth-order valence-electron chi connectivity index (χ4n) is 4.42. The second kappa shape index (κ2) is 10.3. The number of piperazine rings is 1. The van der Waals surface area contributed by atoms with E-state index in [0.29, 0.717) is 0 Å². The molecule has 1 amide bonds. The Morgan fingerprint density at radius 3 is 2.06 bits per heavy atom. The van der Waals surface area contributed by atoms with Crippen LogP contribution in [0.2, 0.25) is 0 Å². The molecule has 0 bridgehead atoms. The molecule has 0 spiro atoms. The molecule has 1 unspecified atom stereocenters. The van der Waals surface area contributed by atoms with Crippen LogP contribution in [0.15, 0.2) is 65.7 Å². The highest BCUT2D eigenvalue weighted by atomic mass is 16.2. The minimum absolute atomic E-state index is 0.0466. The van der Waals surface area contributed by atoms with Gasteiger partial charge in [0, 0.05) is 44.0 Å². The molecule has 1 N–H and O–H groups in total. The average molecular weight is 463 g/mol. The van der Waals surface area contributed by atoms with Gasteiger partial charge in [-0.15, -0.1) is 0 Å². The highest BCUT2D eigenvalue weighted by Gasteiger charge is 2.30. The van der Waals surface area contributed by atoms with Gasteiger partial charge in [-0.1, -0.05) is 30.3 Å². The zero-order valence-corrected chi connectivity index (χ0v) is 20.4. The van der Waals surface area contributed by atoms with E-state index in [4.69, 9.17) is 0 Å². The Labute approximate surface area is 200 Å². The number of hydrogen-bond acceptors (Lipinski definition) is 5. The highest BCUT2D eigenvalue weighted by Crippen LogP contribution is 2.25. The van der Waals surface area contributed by atoms with Crippen LogP contribution in [0, 0.1) is 0 Å². The van der Waals surface area contributed by atoms with Crippen LogP contribution >= 0.6 is 0 Å².